The summed E-state index contributed by atoms with van der Waals surface area (Å²) in [6, 6.07) is 9.54. The van der Waals surface area contributed by atoms with Crippen LogP contribution >= 0.6 is 12.2 Å². The van der Waals surface area contributed by atoms with Gasteiger partial charge in [0, 0.05) is 30.2 Å². The lowest BCUT2D eigenvalue weighted by Crippen LogP contribution is -2.30. The first-order valence-corrected chi connectivity index (χ1v) is 11.2. The number of aryl methyl sites for hydroxylation is 1. The van der Waals surface area contributed by atoms with E-state index in [0.29, 0.717) is 6.04 Å². The smallest absolute Gasteiger partial charge is 0.170 e. The fraction of sp³-hybridized carbons (Fsp3) is 0.565. The third kappa shape index (κ3) is 3.45. The quantitative estimate of drug-likeness (QED) is 0.664. The number of rotatable bonds is 6. The minimum absolute atomic E-state index is 0.100. The Balaban J connectivity index is 1.76. The summed E-state index contributed by atoms with van der Waals surface area (Å²) < 4.78 is 2.59. The molecule has 0 unspecified atom stereocenters. The normalized spacial score (nSPS) is 22.8. The van der Waals surface area contributed by atoms with Gasteiger partial charge in [-0.15, -0.1) is 0 Å². The molecular weight excluding hydrogens is 364 g/mol. The first kappa shape index (κ1) is 19.4. The SMILES string of the molecule is CCCCN1C(=S)N[C@@H](c2ccccn2)[C@H]1c1cc(C)n(C2CCCC2)c1C. The average molecular weight is 397 g/mol. The van der Waals surface area contributed by atoms with Crippen molar-refractivity contribution in [2.24, 2.45) is 0 Å². The van der Waals surface area contributed by atoms with Crippen molar-refractivity contribution in [3.05, 3.63) is 53.1 Å². The molecule has 1 saturated carbocycles. The number of nitrogens with zero attached hydrogens (tertiary/aromatic N) is 3. The van der Waals surface area contributed by atoms with Gasteiger partial charge in [-0.1, -0.05) is 32.3 Å². The summed E-state index contributed by atoms with van der Waals surface area (Å²) in [5.74, 6) is 0. The van der Waals surface area contributed by atoms with Gasteiger partial charge in [0.15, 0.2) is 5.11 Å². The Bertz CT molecular complexity index is 823. The lowest BCUT2D eigenvalue weighted by molar-refractivity contribution is 0.311. The Kier molecular flexibility index (Phi) is 5.72. The van der Waals surface area contributed by atoms with Gasteiger partial charge in [-0.25, -0.2) is 0 Å². The third-order valence-corrected chi connectivity index (χ3v) is 6.83. The number of aromatic nitrogens is 2. The van der Waals surface area contributed by atoms with Crippen LogP contribution in [0.3, 0.4) is 0 Å². The second-order valence-corrected chi connectivity index (χ2v) is 8.70. The zero-order chi connectivity index (χ0) is 19.7. The Morgan fingerprint density at radius 1 is 1.21 bits per heavy atom. The second-order valence-electron chi connectivity index (χ2n) is 8.31. The molecule has 1 N–H and O–H groups in total. The molecule has 3 heterocycles. The lowest BCUT2D eigenvalue weighted by Gasteiger charge is -2.28. The summed E-state index contributed by atoms with van der Waals surface area (Å²) in [6.45, 7) is 7.80. The van der Waals surface area contributed by atoms with Crippen LogP contribution in [0.1, 0.15) is 86.2 Å². The van der Waals surface area contributed by atoms with Crippen LogP contribution < -0.4 is 5.32 Å². The fourth-order valence-corrected chi connectivity index (χ4v) is 5.47. The number of hydrogen-bond donors (Lipinski definition) is 1. The first-order chi connectivity index (χ1) is 13.6. The van der Waals surface area contributed by atoms with Crippen molar-refractivity contribution in [3.8, 4) is 0 Å². The molecular formula is C23H32N4S. The molecule has 4 rings (SSSR count). The van der Waals surface area contributed by atoms with Crippen LogP contribution in [0.15, 0.2) is 30.5 Å². The van der Waals surface area contributed by atoms with Gasteiger partial charge in [0.05, 0.1) is 17.8 Å². The molecule has 1 saturated heterocycles. The molecule has 2 aliphatic rings. The summed E-state index contributed by atoms with van der Waals surface area (Å²) in [4.78, 5) is 7.07. The maximum absolute atomic E-state index is 5.78. The van der Waals surface area contributed by atoms with E-state index in [0.717, 1.165) is 23.8 Å². The summed E-state index contributed by atoms with van der Waals surface area (Å²) in [7, 11) is 0. The number of unbranched alkanes of at least 4 members (excludes halogenated alkanes) is 1. The fourth-order valence-electron chi connectivity index (χ4n) is 5.14. The highest BCUT2D eigenvalue weighted by atomic mass is 32.1. The predicted molar refractivity (Wildman–Crippen MR) is 118 cm³/mol. The molecule has 0 bridgehead atoms. The minimum atomic E-state index is 0.100. The van der Waals surface area contributed by atoms with Crippen molar-refractivity contribution < 1.29 is 0 Å². The van der Waals surface area contributed by atoms with Gasteiger partial charge in [0.25, 0.3) is 0 Å². The molecule has 2 aromatic heterocycles. The molecule has 1 aliphatic carbocycles. The Labute approximate surface area is 174 Å². The molecule has 4 nitrogen and oxygen atoms in total. The summed E-state index contributed by atoms with van der Waals surface area (Å²) >= 11 is 5.78. The van der Waals surface area contributed by atoms with Crippen LogP contribution in [0, 0.1) is 13.8 Å². The van der Waals surface area contributed by atoms with Crippen molar-refractivity contribution in [2.75, 3.05) is 6.54 Å². The standard InChI is InChI=1S/C23H32N4S/c1-4-5-14-26-22(21(25-23(26)28)20-12-8-9-13-24-20)19-15-16(2)27(17(19)3)18-10-6-7-11-18/h8-9,12-13,15,18,21-22H,4-7,10-11,14H2,1-3H3,(H,25,28)/t21-,22+/m0/s1. The maximum atomic E-state index is 5.78. The van der Waals surface area contributed by atoms with E-state index in [1.807, 2.05) is 12.3 Å². The second kappa shape index (κ2) is 8.24. The van der Waals surface area contributed by atoms with E-state index >= 15 is 0 Å². The van der Waals surface area contributed by atoms with Crippen molar-refractivity contribution in [1.82, 2.24) is 19.8 Å². The van der Waals surface area contributed by atoms with Crippen molar-refractivity contribution in [2.45, 2.75) is 77.4 Å². The van der Waals surface area contributed by atoms with E-state index in [9.17, 15) is 0 Å². The number of nitrogens with one attached hydrogen (secondary N) is 1. The van der Waals surface area contributed by atoms with Gasteiger partial charge in [0.2, 0.25) is 0 Å². The molecule has 150 valence electrons. The molecule has 5 heteroatoms. The third-order valence-electron chi connectivity index (χ3n) is 6.48. The van der Waals surface area contributed by atoms with E-state index in [4.69, 9.17) is 12.2 Å². The predicted octanol–water partition coefficient (Wildman–Crippen LogP) is 5.39. The highest BCUT2D eigenvalue weighted by molar-refractivity contribution is 7.80. The van der Waals surface area contributed by atoms with Crippen LogP contribution in [0.2, 0.25) is 0 Å². The zero-order valence-electron chi connectivity index (χ0n) is 17.3. The van der Waals surface area contributed by atoms with Gasteiger partial charge in [-0.05, 0) is 69.1 Å². The van der Waals surface area contributed by atoms with E-state index in [-0.39, 0.29) is 12.1 Å². The highest BCUT2D eigenvalue weighted by Crippen LogP contribution is 2.42. The molecule has 2 aromatic rings. The molecule has 0 radical (unpaired) electrons. The lowest BCUT2D eigenvalue weighted by atomic mass is 9.96. The molecule has 0 aromatic carbocycles. The molecule has 28 heavy (non-hydrogen) atoms. The van der Waals surface area contributed by atoms with Crippen molar-refractivity contribution in [1.29, 1.82) is 0 Å². The topological polar surface area (TPSA) is 33.1 Å². The number of hydrogen-bond acceptors (Lipinski definition) is 2. The van der Waals surface area contributed by atoms with Gasteiger partial charge >= 0.3 is 0 Å². The van der Waals surface area contributed by atoms with E-state index in [1.54, 1.807) is 0 Å². The minimum Gasteiger partial charge on any atom is -0.352 e. The highest BCUT2D eigenvalue weighted by Gasteiger charge is 2.41. The van der Waals surface area contributed by atoms with Crippen molar-refractivity contribution >= 4 is 17.3 Å². The zero-order valence-corrected chi connectivity index (χ0v) is 18.1. The van der Waals surface area contributed by atoms with Crippen LogP contribution in [0.5, 0.6) is 0 Å². The van der Waals surface area contributed by atoms with E-state index in [1.165, 1.54) is 49.1 Å². The van der Waals surface area contributed by atoms with E-state index < -0.39 is 0 Å². The largest absolute Gasteiger partial charge is 0.352 e. The summed E-state index contributed by atoms with van der Waals surface area (Å²) in [6.07, 6.45) is 9.51. The van der Waals surface area contributed by atoms with Crippen molar-refractivity contribution in [3.63, 3.8) is 0 Å². The van der Waals surface area contributed by atoms with Gasteiger partial charge in [-0.3, -0.25) is 4.98 Å². The molecule has 0 amide bonds. The van der Waals surface area contributed by atoms with Crippen LogP contribution in [0.25, 0.3) is 0 Å². The molecule has 1 aliphatic heterocycles. The molecule has 2 atom stereocenters. The van der Waals surface area contributed by atoms with Gasteiger partial charge in [0.1, 0.15) is 0 Å². The van der Waals surface area contributed by atoms with Gasteiger partial charge < -0.3 is 14.8 Å². The summed E-state index contributed by atoms with van der Waals surface area (Å²) in [5, 5.41) is 4.45. The van der Waals surface area contributed by atoms with Crippen LogP contribution in [-0.4, -0.2) is 26.1 Å². The average Bonchev–Trinajstić information content (AvgIpc) is 3.39. The summed E-state index contributed by atoms with van der Waals surface area (Å²) in [5.41, 5.74) is 5.26. The van der Waals surface area contributed by atoms with Gasteiger partial charge in [-0.2, -0.15) is 0 Å². The molecule has 0 spiro atoms. The van der Waals surface area contributed by atoms with Crippen LogP contribution in [0.4, 0.5) is 0 Å². The number of pyridine rings is 1. The first-order valence-electron chi connectivity index (χ1n) is 10.8. The monoisotopic (exact) mass is 396 g/mol. The maximum Gasteiger partial charge on any atom is 0.170 e. The van der Waals surface area contributed by atoms with E-state index in [2.05, 4.69) is 58.7 Å². The Hall–Kier alpha value is -1.88. The Morgan fingerprint density at radius 2 is 2.00 bits per heavy atom. The van der Waals surface area contributed by atoms with Crippen LogP contribution in [-0.2, 0) is 0 Å². The molecule has 2 fully saturated rings. The Morgan fingerprint density at radius 3 is 2.68 bits per heavy atom. The number of thiocarbonyl (C=S) groups is 1.